The molecule has 0 aromatic heterocycles. The molecule has 4 rings (SSSR count). The molecule has 0 radical (unpaired) electrons. The van der Waals surface area contributed by atoms with Crippen LogP contribution in [0.4, 0.5) is 0 Å². The summed E-state index contributed by atoms with van der Waals surface area (Å²) in [5.41, 5.74) is 1.18. The highest BCUT2D eigenvalue weighted by Gasteiger charge is 2.41. The smallest absolute Gasteiger partial charge is 0.263 e. The molecule has 0 N–H and O–H groups in total. The monoisotopic (exact) mass is 351 g/mol. The number of amides is 1. The second kappa shape index (κ2) is 7.02. The molecule has 4 heteroatoms. The Kier molecular flexibility index (Phi) is 4.58. The zero-order valence-electron chi connectivity index (χ0n) is 15.2. The predicted molar refractivity (Wildman–Crippen MR) is 100 cm³/mol. The molecule has 26 heavy (non-hydrogen) atoms. The lowest BCUT2D eigenvalue weighted by Gasteiger charge is -2.45. The van der Waals surface area contributed by atoms with E-state index in [0.29, 0.717) is 0 Å². The third kappa shape index (κ3) is 3.41. The van der Waals surface area contributed by atoms with E-state index < -0.39 is 6.10 Å². The number of aryl methyl sites for hydroxylation is 1. The first-order chi connectivity index (χ1) is 12.7. The topological polar surface area (TPSA) is 38.8 Å². The van der Waals surface area contributed by atoms with E-state index in [-0.39, 0.29) is 11.5 Å². The minimum absolute atomic E-state index is 0.0555. The fourth-order valence-corrected chi connectivity index (χ4v) is 3.95. The van der Waals surface area contributed by atoms with Crippen LogP contribution in [0, 0.1) is 0 Å². The molecule has 1 atom stereocenters. The summed E-state index contributed by atoms with van der Waals surface area (Å²) in [4.78, 5) is 14.7. The van der Waals surface area contributed by atoms with Crippen molar-refractivity contribution in [1.82, 2.24) is 4.90 Å². The van der Waals surface area contributed by atoms with Gasteiger partial charge in [0, 0.05) is 25.9 Å². The van der Waals surface area contributed by atoms with Gasteiger partial charge in [0.15, 0.2) is 6.10 Å². The van der Waals surface area contributed by atoms with Crippen LogP contribution in [-0.4, -0.2) is 35.6 Å². The number of carbonyl (C=O) groups is 1. The highest BCUT2D eigenvalue weighted by Crippen LogP contribution is 2.39. The minimum Gasteiger partial charge on any atom is -0.487 e. The molecule has 0 bridgehead atoms. The second-order valence-corrected chi connectivity index (χ2v) is 7.29. The third-order valence-corrected chi connectivity index (χ3v) is 5.54. The van der Waals surface area contributed by atoms with Crippen molar-refractivity contribution >= 4 is 5.91 Å². The predicted octanol–water partition coefficient (Wildman–Crippen LogP) is 3.84. The summed E-state index contributed by atoms with van der Waals surface area (Å²) < 4.78 is 12.2. The van der Waals surface area contributed by atoms with Gasteiger partial charge in [0.2, 0.25) is 0 Å². The number of nitrogens with zero attached hydrogens (tertiary/aromatic N) is 1. The molecule has 2 aliphatic rings. The Morgan fingerprint density at radius 3 is 2.50 bits per heavy atom. The van der Waals surface area contributed by atoms with Gasteiger partial charge in [-0.1, -0.05) is 36.4 Å². The van der Waals surface area contributed by atoms with Gasteiger partial charge < -0.3 is 14.4 Å². The summed E-state index contributed by atoms with van der Waals surface area (Å²) >= 11 is 0. The summed E-state index contributed by atoms with van der Waals surface area (Å²) in [5.74, 6) is 1.80. The second-order valence-electron chi connectivity index (χ2n) is 7.29. The average molecular weight is 351 g/mol. The Morgan fingerprint density at radius 2 is 1.73 bits per heavy atom. The van der Waals surface area contributed by atoms with E-state index in [1.54, 1.807) is 0 Å². The van der Waals surface area contributed by atoms with Crippen LogP contribution < -0.4 is 9.47 Å². The molecule has 1 amide bonds. The van der Waals surface area contributed by atoms with Gasteiger partial charge in [0.1, 0.15) is 17.1 Å². The van der Waals surface area contributed by atoms with Gasteiger partial charge in [-0.3, -0.25) is 4.79 Å². The summed E-state index contributed by atoms with van der Waals surface area (Å²) in [6.07, 6.45) is 3.37. The molecule has 2 aromatic rings. The van der Waals surface area contributed by atoms with Crippen LogP contribution in [0.15, 0.2) is 54.6 Å². The van der Waals surface area contributed by atoms with E-state index in [9.17, 15) is 4.79 Å². The standard InChI is InChI=1S/C22H25NO3/c1-17(25-19-8-3-2-4-9-19)21(24)23-15-13-22(14-16-23)12-11-18-7-5-6-10-20(18)26-22/h2-10,17H,11-16H2,1H3. The van der Waals surface area contributed by atoms with Gasteiger partial charge in [0.25, 0.3) is 5.91 Å². The largest absolute Gasteiger partial charge is 0.487 e. The molecule has 4 nitrogen and oxygen atoms in total. The zero-order valence-corrected chi connectivity index (χ0v) is 15.2. The molecular weight excluding hydrogens is 326 g/mol. The number of benzene rings is 2. The maximum Gasteiger partial charge on any atom is 0.263 e. The number of piperidine rings is 1. The summed E-state index contributed by atoms with van der Waals surface area (Å²) in [5, 5.41) is 0. The number of fused-ring (bicyclic) bond motifs is 1. The summed E-state index contributed by atoms with van der Waals surface area (Å²) in [6, 6.07) is 17.8. The van der Waals surface area contributed by atoms with Crippen molar-refractivity contribution in [2.75, 3.05) is 13.1 Å². The third-order valence-electron chi connectivity index (χ3n) is 5.54. The van der Waals surface area contributed by atoms with Crippen LogP contribution in [-0.2, 0) is 11.2 Å². The fourth-order valence-electron chi connectivity index (χ4n) is 3.95. The number of para-hydroxylation sites is 2. The highest BCUT2D eigenvalue weighted by molar-refractivity contribution is 5.81. The molecule has 1 saturated heterocycles. The van der Waals surface area contributed by atoms with E-state index in [1.165, 1.54) is 5.56 Å². The van der Waals surface area contributed by atoms with Crippen LogP contribution >= 0.6 is 0 Å². The van der Waals surface area contributed by atoms with Crippen molar-refractivity contribution in [3.05, 3.63) is 60.2 Å². The number of rotatable bonds is 3. The molecule has 136 valence electrons. The average Bonchev–Trinajstić information content (AvgIpc) is 2.69. The maximum absolute atomic E-state index is 12.7. The van der Waals surface area contributed by atoms with Crippen molar-refractivity contribution in [3.63, 3.8) is 0 Å². The van der Waals surface area contributed by atoms with Gasteiger partial charge in [0.05, 0.1) is 0 Å². The molecule has 1 spiro atoms. The zero-order chi connectivity index (χ0) is 18.0. The number of hydrogen-bond acceptors (Lipinski definition) is 3. The number of hydrogen-bond donors (Lipinski definition) is 0. The molecular formula is C22H25NO3. The lowest BCUT2D eigenvalue weighted by Crippen LogP contribution is -2.53. The van der Waals surface area contributed by atoms with Crippen molar-refractivity contribution in [2.45, 2.75) is 44.3 Å². The maximum atomic E-state index is 12.7. The van der Waals surface area contributed by atoms with Crippen molar-refractivity contribution in [3.8, 4) is 11.5 Å². The van der Waals surface area contributed by atoms with Crippen LogP contribution in [0.3, 0.4) is 0 Å². The molecule has 2 aromatic carbocycles. The van der Waals surface area contributed by atoms with Crippen LogP contribution in [0.2, 0.25) is 0 Å². The Labute approximate surface area is 154 Å². The first-order valence-corrected chi connectivity index (χ1v) is 9.43. The van der Waals surface area contributed by atoms with Gasteiger partial charge in [-0.15, -0.1) is 0 Å². The molecule has 1 unspecified atom stereocenters. The molecule has 2 aliphatic heterocycles. The quantitative estimate of drug-likeness (QED) is 0.843. The molecule has 0 saturated carbocycles. The van der Waals surface area contributed by atoms with E-state index in [4.69, 9.17) is 9.47 Å². The first kappa shape index (κ1) is 17.0. The molecule has 0 aliphatic carbocycles. The summed E-state index contributed by atoms with van der Waals surface area (Å²) in [7, 11) is 0. The van der Waals surface area contributed by atoms with Gasteiger partial charge in [-0.2, -0.15) is 0 Å². The fraction of sp³-hybridized carbons (Fsp3) is 0.409. The lowest BCUT2D eigenvalue weighted by molar-refractivity contribution is -0.141. The van der Waals surface area contributed by atoms with E-state index in [0.717, 1.165) is 50.3 Å². The number of likely N-dealkylation sites (tertiary alicyclic amines) is 1. The number of carbonyl (C=O) groups excluding carboxylic acids is 1. The van der Waals surface area contributed by atoms with Crippen LogP contribution in [0.25, 0.3) is 0 Å². The SMILES string of the molecule is CC(Oc1ccccc1)C(=O)N1CCC2(CCc3ccccc3O2)CC1. The van der Waals surface area contributed by atoms with Crippen molar-refractivity contribution in [1.29, 1.82) is 0 Å². The van der Waals surface area contributed by atoms with E-state index in [2.05, 4.69) is 18.2 Å². The summed E-state index contributed by atoms with van der Waals surface area (Å²) in [6.45, 7) is 3.28. The minimum atomic E-state index is -0.473. The molecule has 1 fully saturated rings. The number of ether oxygens (including phenoxy) is 2. The van der Waals surface area contributed by atoms with Crippen molar-refractivity contribution in [2.24, 2.45) is 0 Å². The lowest BCUT2D eigenvalue weighted by atomic mass is 9.83. The van der Waals surface area contributed by atoms with E-state index >= 15 is 0 Å². The highest BCUT2D eigenvalue weighted by atomic mass is 16.5. The normalized spacial score (nSPS) is 19.3. The van der Waals surface area contributed by atoms with Crippen LogP contribution in [0.1, 0.15) is 31.7 Å². The van der Waals surface area contributed by atoms with Gasteiger partial charge in [-0.25, -0.2) is 0 Å². The Hall–Kier alpha value is -2.49. The first-order valence-electron chi connectivity index (χ1n) is 9.43. The van der Waals surface area contributed by atoms with Crippen molar-refractivity contribution < 1.29 is 14.3 Å². The Balaban J connectivity index is 1.35. The van der Waals surface area contributed by atoms with E-state index in [1.807, 2.05) is 48.2 Å². The Morgan fingerprint density at radius 1 is 1.04 bits per heavy atom. The Bertz CT molecular complexity index is 766. The van der Waals surface area contributed by atoms with Gasteiger partial charge >= 0.3 is 0 Å². The van der Waals surface area contributed by atoms with Crippen LogP contribution in [0.5, 0.6) is 11.5 Å². The molecule has 2 heterocycles. The van der Waals surface area contributed by atoms with Gasteiger partial charge in [-0.05, 0) is 43.5 Å².